The maximum atomic E-state index is 6.19. The summed E-state index contributed by atoms with van der Waals surface area (Å²) in [5, 5.41) is 0.963. The average Bonchev–Trinajstić information content (AvgIpc) is 2.35. The van der Waals surface area contributed by atoms with E-state index in [1.807, 2.05) is 26.8 Å². The third kappa shape index (κ3) is 3.58. The molecule has 0 fully saturated rings. The highest BCUT2D eigenvalue weighted by Gasteiger charge is 2.20. The molecule has 20 heavy (non-hydrogen) atoms. The number of hydrogen-bond donors (Lipinski definition) is 1. The van der Waals surface area contributed by atoms with Gasteiger partial charge in [0.05, 0.1) is 5.25 Å². The monoisotopic (exact) mass is 287 g/mol. The number of benzene rings is 1. The molecule has 0 spiro atoms. The molecule has 2 N–H and O–H groups in total. The van der Waals surface area contributed by atoms with Crippen LogP contribution < -0.4 is 5.73 Å². The molecule has 0 amide bonds. The minimum Gasteiger partial charge on any atom is -0.327 e. The smallest absolute Gasteiger partial charge is 0.188 e. The lowest BCUT2D eigenvalue weighted by Gasteiger charge is -2.22. The number of rotatable bonds is 4. The highest BCUT2D eigenvalue weighted by molar-refractivity contribution is 7.99. The summed E-state index contributed by atoms with van der Waals surface area (Å²) in [5.74, 6) is 0. The van der Waals surface area contributed by atoms with Gasteiger partial charge >= 0.3 is 0 Å². The minimum absolute atomic E-state index is 0.0329. The molecule has 2 rings (SSSR count). The van der Waals surface area contributed by atoms with E-state index in [9.17, 15) is 0 Å². The van der Waals surface area contributed by atoms with Gasteiger partial charge in [-0.25, -0.2) is 9.97 Å². The van der Waals surface area contributed by atoms with Crippen molar-refractivity contribution >= 4 is 11.8 Å². The zero-order chi connectivity index (χ0) is 14.7. The Kier molecular flexibility index (Phi) is 4.78. The number of thioether (sulfide) groups is 1. The quantitative estimate of drug-likeness (QED) is 0.690. The molecule has 0 saturated heterocycles. The molecule has 2 atom stereocenters. The van der Waals surface area contributed by atoms with E-state index in [2.05, 4.69) is 41.2 Å². The van der Waals surface area contributed by atoms with Crippen molar-refractivity contribution in [1.82, 2.24) is 9.97 Å². The van der Waals surface area contributed by atoms with Crippen LogP contribution in [0.25, 0.3) is 0 Å². The Labute approximate surface area is 125 Å². The minimum atomic E-state index is 0.0329. The lowest BCUT2D eigenvalue weighted by Crippen LogP contribution is -2.23. The Balaban J connectivity index is 2.33. The summed E-state index contributed by atoms with van der Waals surface area (Å²) in [6.45, 7) is 8.14. The fourth-order valence-corrected chi connectivity index (χ4v) is 3.45. The number of hydrogen-bond acceptors (Lipinski definition) is 4. The molecule has 2 aromatic rings. The van der Waals surface area contributed by atoms with Crippen molar-refractivity contribution in [3.8, 4) is 0 Å². The van der Waals surface area contributed by atoms with Gasteiger partial charge in [0.1, 0.15) is 0 Å². The van der Waals surface area contributed by atoms with Crippen LogP contribution in [0.3, 0.4) is 0 Å². The van der Waals surface area contributed by atoms with Crippen LogP contribution in [-0.4, -0.2) is 16.0 Å². The van der Waals surface area contributed by atoms with E-state index in [-0.39, 0.29) is 11.3 Å². The second kappa shape index (κ2) is 6.37. The van der Waals surface area contributed by atoms with Crippen LogP contribution in [0, 0.1) is 20.8 Å². The molecule has 0 aliphatic heterocycles. The predicted octanol–water partition coefficient (Wildman–Crippen LogP) is 3.58. The fraction of sp³-hybridized carbons (Fsp3) is 0.375. The molecule has 1 heterocycles. The van der Waals surface area contributed by atoms with E-state index >= 15 is 0 Å². The van der Waals surface area contributed by atoms with Gasteiger partial charge in [0, 0.05) is 17.4 Å². The van der Waals surface area contributed by atoms with Crippen LogP contribution in [0.1, 0.15) is 34.7 Å². The highest BCUT2D eigenvalue weighted by atomic mass is 32.2. The number of nitrogens with zero attached hydrogens (tertiary/aromatic N) is 2. The molecule has 4 heteroatoms. The summed E-state index contributed by atoms with van der Waals surface area (Å²) in [6, 6.07) is 10.4. The molecular formula is C16H21N3S. The first-order valence-corrected chi connectivity index (χ1v) is 7.65. The first-order chi connectivity index (χ1) is 9.47. The summed E-state index contributed by atoms with van der Waals surface area (Å²) >= 11 is 1.65. The van der Waals surface area contributed by atoms with Crippen LogP contribution in [0.15, 0.2) is 35.5 Å². The molecule has 2 unspecified atom stereocenters. The molecule has 1 aromatic heterocycles. The van der Waals surface area contributed by atoms with Gasteiger partial charge in [-0.05, 0) is 44.9 Å². The molecule has 1 aromatic carbocycles. The summed E-state index contributed by atoms with van der Waals surface area (Å²) in [4.78, 5) is 9.02. The molecular weight excluding hydrogens is 266 g/mol. The lowest BCUT2D eigenvalue weighted by molar-refractivity contribution is 0.713. The Morgan fingerprint density at radius 1 is 1.05 bits per heavy atom. The molecule has 0 aliphatic carbocycles. The maximum absolute atomic E-state index is 6.19. The Morgan fingerprint density at radius 2 is 1.65 bits per heavy atom. The van der Waals surface area contributed by atoms with Crippen molar-refractivity contribution in [2.45, 2.75) is 44.1 Å². The van der Waals surface area contributed by atoms with E-state index in [4.69, 9.17) is 5.73 Å². The predicted molar refractivity (Wildman–Crippen MR) is 84.9 cm³/mol. The first kappa shape index (κ1) is 15.0. The average molecular weight is 287 g/mol. The van der Waals surface area contributed by atoms with Crippen molar-refractivity contribution < 1.29 is 0 Å². The summed E-state index contributed by atoms with van der Waals surface area (Å²) < 4.78 is 0. The van der Waals surface area contributed by atoms with Crippen molar-refractivity contribution in [3.05, 3.63) is 52.8 Å². The number of aryl methyl sites for hydroxylation is 3. The molecule has 0 radical (unpaired) electrons. The summed E-state index contributed by atoms with van der Waals surface area (Å²) in [7, 11) is 0. The van der Waals surface area contributed by atoms with E-state index in [0.717, 1.165) is 16.5 Å². The van der Waals surface area contributed by atoms with Crippen LogP contribution in [0.4, 0.5) is 0 Å². The molecule has 3 nitrogen and oxygen atoms in total. The number of aromatic nitrogens is 2. The van der Waals surface area contributed by atoms with Gasteiger partial charge < -0.3 is 5.73 Å². The van der Waals surface area contributed by atoms with Gasteiger partial charge in [0.15, 0.2) is 5.16 Å². The maximum Gasteiger partial charge on any atom is 0.188 e. The lowest BCUT2D eigenvalue weighted by atomic mass is 10.0. The zero-order valence-corrected chi connectivity index (χ0v) is 13.2. The number of nitrogens with two attached hydrogens (primary N) is 1. The van der Waals surface area contributed by atoms with Crippen molar-refractivity contribution in [1.29, 1.82) is 0 Å². The standard InChI is InChI=1S/C16H21N3S/c1-10-7-5-6-8-14(10)15(13(4)17)20-16-18-11(2)9-12(3)19-16/h5-9,13,15H,17H2,1-4H3. The van der Waals surface area contributed by atoms with Crippen LogP contribution in [0.2, 0.25) is 0 Å². The van der Waals surface area contributed by atoms with Crippen LogP contribution in [-0.2, 0) is 0 Å². The van der Waals surface area contributed by atoms with E-state index in [1.165, 1.54) is 11.1 Å². The van der Waals surface area contributed by atoms with Gasteiger partial charge in [-0.1, -0.05) is 36.0 Å². The van der Waals surface area contributed by atoms with Gasteiger partial charge in [0.2, 0.25) is 0 Å². The third-order valence-corrected chi connectivity index (χ3v) is 4.50. The van der Waals surface area contributed by atoms with Gasteiger partial charge in [-0.15, -0.1) is 0 Å². The fourth-order valence-electron chi connectivity index (χ4n) is 2.22. The van der Waals surface area contributed by atoms with Crippen molar-refractivity contribution in [2.24, 2.45) is 5.73 Å². The highest BCUT2D eigenvalue weighted by Crippen LogP contribution is 2.36. The van der Waals surface area contributed by atoms with Crippen molar-refractivity contribution in [3.63, 3.8) is 0 Å². The van der Waals surface area contributed by atoms with E-state index in [0.29, 0.717) is 0 Å². The summed E-state index contributed by atoms with van der Waals surface area (Å²) in [5.41, 5.74) is 10.7. The normalized spacial score (nSPS) is 14.1. The third-order valence-electron chi connectivity index (χ3n) is 3.17. The van der Waals surface area contributed by atoms with Crippen molar-refractivity contribution in [2.75, 3.05) is 0 Å². The van der Waals surface area contributed by atoms with Crippen LogP contribution in [0.5, 0.6) is 0 Å². The second-order valence-electron chi connectivity index (χ2n) is 5.19. The van der Waals surface area contributed by atoms with Crippen LogP contribution >= 0.6 is 11.8 Å². The van der Waals surface area contributed by atoms with Gasteiger partial charge in [-0.3, -0.25) is 0 Å². The molecule has 106 valence electrons. The Hall–Kier alpha value is -1.39. The Morgan fingerprint density at radius 3 is 2.20 bits per heavy atom. The second-order valence-corrected chi connectivity index (χ2v) is 6.30. The van der Waals surface area contributed by atoms with Gasteiger partial charge in [-0.2, -0.15) is 0 Å². The molecule has 0 bridgehead atoms. The van der Waals surface area contributed by atoms with Gasteiger partial charge in [0.25, 0.3) is 0 Å². The molecule has 0 saturated carbocycles. The van der Waals surface area contributed by atoms with E-state index in [1.54, 1.807) is 11.8 Å². The topological polar surface area (TPSA) is 51.8 Å². The SMILES string of the molecule is Cc1cc(C)nc(SC(c2ccccc2C)C(C)N)n1. The van der Waals surface area contributed by atoms with E-state index < -0.39 is 0 Å². The summed E-state index contributed by atoms with van der Waals surface area (Å²) in [6.07, 6.45) is 0. The Bertz CT molecular complexity index is 576. The largest absolute Gasteiger partial charge is 0.327 e. The molecule has 0 aliphatic rings. The first-order valence-electron chi connectivity index (χ1n) is 6.77. The zero-order valence-electron chi connectivity index (χ0n) is 12.4.